The van der Waals surface area contributed by atoms with Crippen LogP contribution in [-0.4, -0.2) is 36.2 Å². The Balaban J connectivity index is 1.38. The molecule has 9 nitrogen and oxygen atoms in total. The number of esters is 2. The van der Waals surface area contributed by atoms with Crippen LogP contribution in [0.15, 0.2) is 90.0 Å². The third-order valence-corrected chi connectivity index (χ3v) is 7.53. The molecule has 0 aliphatic heterocycles. The minimum atomic E-state index is -0.672. The molecule has 1 amide bonds. The smallest absolute Gasteiger partial charge is 0.343 e. The van der Waals surface area contributed by atoms with Crippen molar-refractivity contribution in [2.45, 2.75) is 6.92 Å². The van der Waals surface area contributed by atoms with Gasteiger partial charge in [0, 0.05) is 37.6 Å². The number of rotatable bonds is 8. The molecular formula is C32H23ClIN3O6. The monoisotopic (exact) mass is 707 g/mol. The van der Waals surface area contributed by atoms with E-state index in [4.69, 9.17) is 25.8 Å². The lowest BCUT2D eigenvalue weighted by Crippen LogP contribution is -2.19. The first-order chi connectivity index (χ1) is 20.8. The molecule has 0 unspecified atom stereocenters. The van der Waals surface area contributed by atoms with Crippen molar-refractivity contribution in [3.63, 3.8) is 0 Å². The number of ether oxygens (including phenoxy) is 3. The first-order valence-corrected chi connectivity index (χ1v) is 14.3. The van der Waals surface area contributed by atoms with Crippen LogP contribution >= 0.6 is 34.2 Å². The number of nitrogens with zero attached hydrogens (tertiary/aromatic N) is 1. The minimum absolute atomic E-state index is 0.174. The summed E-state index contributed by atoms with van der Waals surface area (Å²) in [4.78, 5) is 40.9. The molecule has 1 aromatic heterocycles. The highest BCUT2D eigenvalue weighted by Crippen LogP contribution is 2.38. The second kappa shape index (κ2) is 13.1. The van der Waals surface area contributed by atoms with Crippen molar-refractivity contribution in [2.75, 3.05) is 7.11 Å². The van der Waals surface area contributed by atoms with E-state index < -0.39 is 17.8 Å². The average molecular weight is 708 g/mol. The lowest BCUT2D eigenvalue weighted by Gasteiger charge is -2.11. The largest absolute Gasteiger partial charge is 0.493 e. The molecule has 11 heteroatoms. The number of carbonyl (C=O) groups excluding carboxylic acids is 3. The van der Waals surface area contributed by atoms with Gasteiger partial charge in [-0.3, -0.25) is 9.59 Å². The minimum Gasteiger partial charge on any atom is -0.493 e. The standard InChI is InChI=1S/C32H23ClIN3O6/c1-18(38)42-26-15-14-19(16-27(26)41-2)32(40)43-25-13-6-3-8-20(25)17-35-37-31(39)30-28(21-9-4-5-11-23(21)33)22-10-7-12-24(34)29(22)36-30/h3-17,36H,1-2H3,(H,37,39). The number of hydrogen-bond donors (Lipinski definition) is 2. The summed E-state index contributed by atoms with van der Waals surface area (Å²) < 4.78 is 16.9. The molecule has 4 aromatic carbocycles. The zero-order valence-electron chi connectivity index (χ0n) is 22.8. The van der Waals surface area contributed by atoms with Crippen LogP contribution in [0.3, 0.4) is 0 Å². The molecule has 5 rings (SSSR count). The van der Waals surface area contributed by atoms with Crippen LogP contribution in [0, 0.1) is 3.57 Å². The molecule has 0 atom stereocenters. The van der Waals surface area contributed by atoms with E-state index in [0.717, 1.165) is 14.5 Å². The van der Waals surface area contributed by atoms with E-state index in [1.807, 2.05) is 36.4 Å². The van der Waals surface area contributed by atoms with Crippen LogP contribution in [0.1, 0.15) is 33.3 Å². The van der Waals surface area contributed by atoms with Crippen molar-refractivity contribution >= 4 is 69.2 Å². The molecule has 0 bridgehead atoms. The maximum Gasteiger partial charge on any atom is 0.343 e. The Morgan fingerprint density at radius 1 is 0.907 bits per heavy atom. The molecule has 2 N–H and O–H groups in total. The lowest BCUT2D eigenvalue weighted by molar-refractivity contribution is -0.132. The maximum atomic E-state index is 13.4. The highest BCUT2D eigenvalue weighted by Gasteiger charge is 2.22. The number of aromatic amines is 1. The third kappa shape index (κ3) is 6.55. The fraction of sp³-hybridized carbons (Fsp3) is 0.0625. The van der Waals surface area contributed by atoms with Gasteiger partial charge >= 0.3 is 11.9 Å². The highest BCUT2D eigenvalue weighted by molar-refractivity contribution is 14.1. The van der Waals surface area contributed by atoms with Gasteiger partial charge in [-0.05, 0) is 65.1 Å². The van der Waals surface area contributed by atoms with Gasteiger partial charge in [0.2, 0.25) is 0 Å². The zero-order valence-corrected chi connectivity index (χ0v) is 25.7. The number of hydrazone groups is 1. The summed E-state index contributed by atoms with van der Waals surface area (Å²) in [6.45, 7) is 1.27. The number of carbonyl (C=O) groups is 3. The van der Waals surface area contributed by atoms with Gasteiger partial charge < -0.3 is 19.2 Å². The Morgan fingerprint density at radius 3 is 2.44 bits per heavy atom. The number of fused-ring (bicyclic) bond motifs is 1. The first kappa shape index (κ1) is 29.8. The summed E-state index contributed by atoms with van der Waals surface area (Å²) in [6.07, 6.45) is 1.38. The van der Waals surface area contributed by atoms with Crippen molar-refractivity contribution in [2.24, 2.45) is 5.10 Å². The number of hydrogen-bond acceptors (Lipinski definition) is 7. The summed E-state index contributed by atoms with van der Waals surface area (Å²) in [5.74, 6) is -1.08. The quantitative estimate of drug-likeness (QED) is 0.0589. The topological polar surface area (TPSA) is 119 Å². The summed E-state index contributed by atoms with van der Waals surface area (Å²) in [7, 11) is 1.39. The molecule has 0 aliphatic rings. The van der Waals surface area contributed by atoms with Crippen molar-refractivity contribution < 1.29 is 28.6 Å². The molecule has 0 spiro atoms. The van der Waals surface area contributed by atoms with Gasteiger partial charge in [0.25, 0.3) is 5.91 Å². The van der Waals surface area contributed by atoms with Crippen LogP contribution in [0.5, 0.6) is 17.2 Å². The maximum absolute atomic E-state index is 13.4. The SMILES string of the molecule is COc1cc(C(=O)Oc2ccccc2C=NNC(=O)c2[nH]c3c(I)cccc3c2-c2ccccc2Cl)ccc1OC(C)=O. The lowest BCUT2D eigenvalue weighted by atomic mass is 10.0. The van der Waals surface area contributed by atoms with Crippen molar-refractivity contribution in [1.29, 1.82) is 0 Å². The number of para-hydroxylation sites is 2. The number of H-pyrrole nitrogens is 1. The Bertz CT molecular complexity index is 1900. The van der Waals surface area contributed by atoms with Gasteiger partial charge in [0.05, 0.1) is 24.4 Å². The second-order valence-corrected chi connectivity index (χ2v) is 10.7. The van der Waals surface area contributed by atoms with Crippen LogP contribution in [0.25, 0.3) is 22.0 Å². The van der Waals surface area contributed by atoms with Gasteiger partial charge in [-0.1, -0.05) is 54.1 Å². The van der Waals surface area contributed by atoms with E-state index in [1.165, 1.54) is 38.4 Å². The Morgan fingerprint density at radius 2 is 1.67 bits per heavy atom. The number of benzene rings is 4. The summed E-state index contributed by atoms with van der Waals surface area (Å²) in [5.41, 5.74) is 5.66. The third-order valence-electron chi connectivity index (χ3n) is 6.30. The molecule has 0 radical (unpaired) electrons. The van der Waals surface area contributed by atoms with Crippen LogP contribution < -0.4 is 19.6 Å². The Kier molecular flexibility index (Phi) is 9.07. The van der Waals surface area contributed by atoms with Crippen molar-refractivity contribution in [3.05, 3.63) is 110 Å². The first-order valence-electron chi connectivity index (χ1n) is 12.8. The summed E-state index contributed by atoms with van der Waals surface area (Å²) in [5, 5.41) is 5.50. The molecule has 0 saturated carbocycles. The van der Waals surface area contributed by atoms with Crippen LogP contribution in [0.4, 0.5) is 0 Å². The molecule has 0 fully saturated rings. The number of aromatic nitrogens is 1. The summed E-state index contributed by atoms with van der Waals surface area (Å²) >= 11 is 8.73. The normalized spacial score (nSPS) is 11.0. The van der Waals surface area contributed by atoms with E-state index in [2.05, 4.69) is 38.1 Å². The van der Waals surface area contributed by atoms with Crippen molar-refractivity contribution in [3.8, 4) is 28.4 Å². The number of halogens is 2. The number of methoxy groups -OCH3 is 1. The predicted molar refractivity (Wildman–Crippen MR) is 172 cm³/mol. The summed E-state index contributed by atoms with van der Waals surface area (Å²) in [6, 6.07) is 24.1. The molecule has 0 saturated heterocycles. The van der Waals surface area contributed by atoms with E-state index in [9.17, 15) is 14.4 Å². The highest BCUT2D eigenvalue weighted by atomic mass is 127. The second-order valence-electron chi connectivity index (χ2n) is 9.10. The molecule has 43 heavy (non-hydrogen) atoms. The van der Waals surface area contributed by atoms with Gasteiger partial charge in [0.1, 0.15) is 11.4 Å². The molecule has 216 valence electrons. The van der Waals surface area contributed by atoms with Crippen LogP contribution in [0.2, 0.25) is 5.02 Å². The van der Waals surface area contributed by atoms with Gasteiger partial charge in [-0.25, -0.2) is 10.2 Å². The van der Waals surface area contributed by atoms with Gasteiger partial charge in [0.15, 0.2) is 11.5 Å². The van der Waals surface area contributed by atoms with Gasteiger partial charge in [-0.2, -0.15) is 5.10 Å². The van der Waals surface area contributed by atoms with Crippen LogP contribution in [-0.2, 0) is 4.79 Å². The number of nitrogens with one attached hydrogen (secondary N) is 2. The average Bonchev–Trinajstić information content (AvgIpc) is 3.39. The fourth-order valence-corrected chi connectivity index (χ4v) is 5.25. The molecular weight excluding hydrogens is 685 g/mol. The predicted octanol–water partition coefficient (Wildman–Crippen LogP) is 7.01. The van der Waals surface area contributed by atoms with Gasteiger partial charge in [-0.15, -0.1) is 0 Å². The van der Waals surface area contributed by atoms with E-state index in [0.29, 0.717) is 27.4 Å². The van der Waals surface area contributed by atoms with E-state index in [1.54, 1.807) is 30.3 Å². The van der Waals surface area contributed by atoms with Crippen molar-refractivity contribution in [1.82, 2.24) is 10.4 Å². The molecule has 1 heterocycles. The Labute approximate surface area is 264 Å². The zero-order chi connectivity index (χ0) is 30.5. The van der Waals surface area contributed by atoms with E-state index >= 15 is 0 Å². The molecule has 5 aromatic rings. The van der Waals surface area contributed by atoms with E-state index in [-0.39, 0.29) is 22.8 Å². The number of amides is 1. The Hall–Kier alpha value is -4.68. The fourth-order valence-electron chi connectivity index (χ4n) is 4.38. The molecule has 0 aliphatic carbocycles.